The van der Waals surface area contributed by atoms with Crippen molar-refractivity contribution >= 4 is 25.8 Å². The van der Waals surface area contributed by atoms with Gasteiger partial charge in [-0.25, -0.2) is 14.8 Å². The van der Waals surface area contributed by atoms with Crippen molar-refractivity contribution in [2.24, 2.45) is 5.92 Å². The summed E-state index contributed by atoms with van der Waals surface area (Å²) in [6.07, 6.45) is 9.48. The molecule has 2 heterocycles. The average Bonchev–Trinajstić information content (AvgIpc) is 3.30. The van der Waals surface area contributed by atoms with Crippen LogP contribution in [0.25, 0.3) is 5.57 Å². The predicted molar refractivity (Wildman–Crippen MR) is 156 cm³/mol. The molecule has 0 bridgehead atoms. The summed E-state index contributed by atoms with van der Waals surface area (Å²) in [6, 6.07) is 8.80. The summed E-state index contributed by atoms with van der Waals surface area (Å²) in [6.45, 7) is 17.2. The number of carboxylic acid groups (broad SMARTS) is 1. The van der Waals surface area contributed by atoms with Crippen LogP contribution >= 0.6 is 0 Å². The Labute approximate surface area is 229 Å². The minimum Gasteiger partial charge on any atom is -0.478 e. The number of benzene rings is 1. The zero-order valence-electron chi connectivity index (χ0n) is 23.7. The van der Waals surface area contributed by atoms with Crippen LogP contribution in [0.2, 0.25) is 18.1 Å². The Bertz CT molecular complexity index is 1120. The highest BCUT2D eigenvalue weighted by Crippen LogP contribution is 2.36. The maximum atomic E-state index is 11.1. The van der Waals surface area contributed by atoms with E-state index in [9.17, 15) is 4.79 Å². The second-order valence-corrected chi connectivity index (χ2v) is 17.1. The molecule has 1 fully saturated rings. The molecule has 0 unspecified atom stereocenters. The van der Waals surface area contributed by atoms with E-state index in [1.165, 1.54) is 29.1 Å². The molecule has 1 aliphatic carbocycles. The van der Waals surface area contributed by atoms with Gasteiger partial charge in [0.1, 0.15) is 0 Å². The van der Waals surface area contributed by atoms with Gasteiger partial charge in [-0.1, -0.05) is 51.1 Å². The van der Waals surface area contributed by atoms with Crippen molar-refractivity contribution in [2.45, 2.75) is 64.6 Å². The molecule has 1 saturated heterocycles. The number of hydrogen-bond acceptors (Lipinski definition) is 6. The molecular formula is C30H44N4O3Si. The van der Waals surface area contributed by atoms with Gasteiger partial charge in [-0.05, 0) is 66.4 Å². The van der Waals surface area contributed by atoms with E-state index in [-0.39, 0.29) is 10.6 Å². The third kappa shape index (κ3) is 7.10. The van der Waals surface area contributed by atoms with E-state index < -0.39 is 14.3 Å². The second kappa shape index (κ2) is 12.1. The third-order valence-corrected chi connectivity index (χ3v) is 13.1. The lowest BCUT2D eigenvalue weighted by molar-refractivity contribution is 0.0696. The molecular weight excluding hydrogens is 492 g/mol. The highest BCUT2D eigenvalue weighted by molar-refractivity contribution is 6.74. The standard InChI is InChI=1S/C30H44N4O3Si/c1-30(2,3)38(4,5)37-19-18-33(15-14-25-11-10-24-8-6-7-9-27(24)25)22-23-12-16-34(17-13-23)29-31-20-26(21-32-29)28(35)36/h6-9,11,20-21,23H,10,12-19,22H2,1-5H3,(H,35,36). The molecule has 0 atom stereocenters. The Hall–Kier alpha value is -2.55. The Morgan fingerprint density at radius 1 is 1.13 bits per heavy atom. The molecule has 4 rings (SSSR count). The van der Waals surface area contributed by atoms with Crippen LogP contribution in [0.1, 0.15) is 61.5 Å². The third-order valence-electron chi connectivity index (χ3n) is 8.60. The van der Waals surface area contributed by atoms with Gasteiger partial charge in [0.25, 0.3) is 0 Å². The normalized spacial score (nSPS) is 16.6. The Balaban J connectivity index is 1.34. The fourth-order valence-electron chi connectivity index (χ4n) is 5.09. The summed E-state index contributed by atoms with van der Waals surface area (Å²) in [7, 11) is -1.77. The van der Waals surface area contributed by atoms with E-state index in [0.717, 1.165) is 65.0 Å². The number of rotatable bonds is 11. The molecule has 2 aliphatic rings. The molecule has 38 heavy (non-hydrogen) atoms. The summed E-state index contributed by atoms with van der Waals surface area (Å²) in [4.78, 5) is 24.5. The van der Waals surface area contributed by atoms with Crippen LogP contribution in [-0.2, 0) is 10.8 Å². The molecule has 0 amide bonds. The lowest BCUT2D eigenvalue weighted by atomic mass is 9.96. The van der Waals surface area contributed by atoms with Crippen molar-refractivity contribution in [1.29, 1.82) is 0 Å². The van der Waals surface area contributed by atoms with Crippen molar-refractivity contribution in [3.63, 3.8) is 0 Å². The topological polar surface area (TPSA) is 78.8 Å². The SMILES string of the molecule is CC(C)(C)[Si](C)(C)OCCN(CCC1=CCc2ccccc21)CC1CCN(c2ncc(C(=O)O)cn2)CC1. The van der Waals surface area contributed by atoms with Gasteiger partial charge in [0.05, 0.1) is 5.56 Å². The van der Waals surface area contributed by atoms with Crippen molar-refractivity contribution < 1.29 is 14.3 Å². The Kier molecular flexibility index (Phi) is 9.06. The largest absolute Gasteiger partial charge is 0.478 e. The number of carbonyl (C=O) groups is 1. The summed E-state index contributed by atoms with van der Waals surface area (Å²) >= 11 is 0. The van der Waals surface area contributed by atoms with Crippen LogP contribution in [0, 0.1) is 5.92 Å². The predicted octanol–water partition coefficient (Wildman–Crippen LogP) is 5.74. The fraction of sp³-hybridized carbons (Fsp3) is 0.567. The number of nitrogens with zero attached hydrogens (tertiary/aromatic N) is 4. The van der Waals surface area contributed by atoms with E-state index in [4.69, 9.17) is 9.53 Å². The number of hydrogen-bond donors (Lipinski definition) is 1. The van der Waals surface area contributed by atoms with E-state index in [2.05, 4.69) is 84.0 Å². The minimum atomic E-state index is -1.77. The first-order chi connectivity index (χ1) is 18.0. The smallest absolute Gasteiger partial charge is 0.338 e. The van der Waals surface area contributed by atoms with Gasteiger partial charge in [0.15, 0.2) is 8.32 Å². The summed E-state index contributed by atoms with van der Waals surface area (Å²) in [5.41, 5.74) is 4.47. The molecule has 0 spiro atoms. The molecule has 2 aromatic rings. The Morgan fingerprint density at radius 3 is 2.47 bits per heavy atom. The van der Waals surface area contributed by atoms with Crippen LogP contribution in [0.15, 0.2) is 42.7 Å². The Morgan fingerprint density at radius 2 is 1.82 bits per heavy atom. The van der Waals surface area contributed by atoms with Crippen molar-refractivity contribution in [3.8, 4) is 0 Å². The first-order valence-corrected chi connectivity index (χ1v) is 16.9. The molecule has 1 aliphatic heterocycles. The molecule has 7 nitrogen and oxygen atoms in total. The maximum Gasteiger partial charge on any atom is 0.338 e. The quantitative estimate of drug-likeness (QED) is 0.367. The molecule has 1 aromatic heterocycles. The first-order valence-electron chi connectivity index (χ1n) is 14.0. The minimum absolute atomic E-state index is 0.124. The van der Waals surface area contributed by atoms with Gasteiger partial charge in [0.2, 0.25) is 5.95 Å². The fourth-order valence-corrected chi connectivity index (χ4v) is 6.12. The van der Waals surface area contributed by atoms with Crippen molar-refractivity contribution in [3.05, 3.63) is 59.4 Å². The number of piperidine rings is 1. The lowest BCUT2D eigenvalue weighted by Gasteiger charge is -2.38. The molecule has 1 aromatic carbocycles. The van der Waals surface area contributed by atoms with Crippen LogP contribution in [0.3, 0.4) is 0 Å². The first kappa shape index (κ1) is 28.5. The van der Waals surface area contributed by atoms with E-state index in [1.807, 2.05) is 0 Å². The summed E-state index contributed by atoms with van der Waals surface area (Å²) < 4.78 is 6.56. The van der Waals surface area contributed by atoms with Gasteiger partial charge in [-0.15, -0.1) is 0 Å². The average molecular weight is 537 g/mol. The van der Waals surface area contributed by atoms with Crippen LogP contribution < -0.4 is 4.90 Å². The summed E-state index contributed by atoms with van der Waals surface area (Å²) in [5.74, 6) is 0.243. The van der Waals surface area contributed by atoms with Crippen molar-refractivity contribution in [2.75, 3.05) is 44.2 Å². The lowest BCUT2D eigenvalue weighted by Crippen LogP contribution is -2.44. The zero-order chi connectivity index (χ0) is 27.3. The summed E-state index contributed by atoms with van der Waals surface area (Å²) in [5, 5.41) is 9.32. The monoisotopic (exact) mass is 536 g/mol. The number of anilines is 1. The number of aromatic carboxylic acids is 1. The highest BCUT2D eigenvalue weighted by Gasteiger charge is 2.37. The second-order valence-electron chi connectivity index (χ2n) is 12.3. The number of carboxylic acids is 1. The van der Waals surface area contributed by atoms with Crippen LogP contribution in [0.5, 0.6) is 0 Å². The number of fused-ring (bicyclic) bond motifs is 1. The van der Waals surface area contributed by atoms with E-state index >= 15 is 0 Å². The maximum absolute atomic E-state index is 11.1. The van der Waals surface area contributed by atoms with Gasteiger partial charge < -0.3 is 19.3 Å². The van der Waals surface area contributed by atoms with Crippen molar-refractivity contribution in [1.82, 2.24) is 14.9 Å². The van der Waals surface area contributed by atoms with Gasteiger partial charge >= 0.3 is 5.97 Å². The number of allylic oxidation sites excluding steroid dienone is 1. The van der Waals surface area contributed by atoms with Crippen LogP contribution in [0.4, 0.5) is 5.95 Å². The van der Waals surface area contributed by atoms with Gasteiger partial charge in [-0.3, -0.25) is 0 Å². The zero-order valence-corrected chi connectivity index (χ0v) is 24.7. The highest BCUT2D eigenvalue weighted by atomic mass is 28.4. The molecule has 206 valence electrons. The number of aromatic nitrogens is 2. The molecule has 1 N–H and O–H groups in total. The van der Waals surface area contributed by atoms with Gasteiger partial charge in [0, 0.05) is 51.7 Å². The molecule has 0 saturated carbocycles. The van der Waals surface area contributed by atoms with E-state index in [1.54, 1.807) is 0 Å². The van der Waals surface area contributed by atoms with E-state index in [0.29, 0.717) is 11.9 Å². The van der Waals surface area contributed by atoms with Gasteiger partial charge in [-0.2, -0.15) is 0 Å². The van der Waals surface area contributed by atoms with Crippen LogP contribution in [-0.4, -0.2) is 73.6 Å². The molecule has 0 radical (unpaired) electrons. The molecule has 8 heteroatoms.